The van der Waals surface area contributed by atoms with E-state index in [0.29, 0.717) is 5.75 Å². The van der Waals surface area contributed by atoms with Crippen LogP contribution in [0.4, 0.5) is 0 Å². The third kappa shape index (κ3) is 3.15. The Morgan fingerprint density at radius 1 is 0.923 bits per heavy atom. The maximum Gasteiger partial charge on any atom is 0.121 e. The van der Waals surface area contributed by atoms with E-state index >= 15 is 0 Å². The summed E-state index contributed by atoms with van der Waals surface area (Å²) in [7, 11) is 1.68. The van der Waals surface area contributed by atoms with Crippen LogP contribution >= 0.6 is 0 Å². The van der Waals surface area contributed by atoms with Crippen LogP contribution in [0, 0.1) is 0 Å². The Bertz CT molecular complexity index is 885. The van der Waals surface area contributed by atoms with Crippen molar-refractivity contribution in [2.24, 2.45) is 0 Å². The molecule has 0 bridgehead atoms. The molecule has 0 aliphatic carbocycles. The van der Waals surface area contributed by atoms with Gasteiger partial charge in [0.1, 0.15) is 11.5 Å². The van der Waals surface area contributed by atoms with E-state index in [0.717, 1.165) is 35.2 Å². The first-order chi connectivity index (χ1) is 12.8. The van der Waals surface area contributed by atoms with Gasteiger partial charge in [-0.05, 0) is 60.5 Å². The zero-order valence-electron chi connectivity index (χ0n) is 15.2. The lowest BCUT2D eigenvalue weighted by atomic mass is 9.90. The molecule has 3 heteroatoms. The second-order valence-corrected chi connectivity index (χ2v) is 7.00. The van der Waals surface area contributed by atoms with Crippen molar-refractivity contribution in [2.75, 3.05) is 20.2 Å². The number of aromatic hydroxyl groups is 1. The standard InChI is InChI=1S/C23H25NO2/c1-26-19-12-10-17-11-13-21(25)22(20(17)16-19)23(18-8-4-2-5-9-18)24-14-6-3-7-15-24/h2,4-5,8-13,16,23,25H,3,6-7,14-15H2,1H3. The fourth-order valence-electron chi connectivity index (χ4n) is 4.10. The second kappa shape index (κ2) is 7.38. The molecule has 0 radical (unpaired) electrons. The minimum atomic E-state index is 0.0484. The molecule has 1 aliphatic heterocycles. The Morgan fingerprint density at radius 2 is 1.65 bits per heavy atom. The number of phenols is 1. The zero-order chi connectivity index (χ0) is 17.9. The molecule has 3 nitrogen and oxygen atoms in total. The molecule has 1 unspecified atom stereocenters. The molecule has 1 aliphatic rings. The van der Waals surface area contributed by atoms with E-state index in [1.54, 1.807) is 7.11 Å². The lowest BCUT2D eigenvalue weighted by Crippen LogP contribution is -2.34. The Morgan fingerprint density at radius 3 is 2.38 bits per heavy atom. The number of piperidine rings is 1. The Balaban J connectivity index is 1.93. The van der Waals surface area contributed by atoms with Crippen LogP contribution in [0.25, 0.3) is 10.8 Å². The van der Waals surface area contributed by atoms with Gasteiger partial charge >= 0.3 is 0 Å². The maximum absolute atomic E-state index is 10.9. The summed E-state index contributed by atoms with van der Waals surface area (Å²) in [5, 5.41) is 13.0. The summed E-state index contributed by atoms with van der Waals surface area (Å²) < 4.78 is 5.45. The molecular formula is C23H25NO2. The van der Waals surface area contributed by atoms with E-state index < -0.39 is 0 Å². The predicted octanol–water partition coefficient (Wildman–Crippen LogP) is 5.13. The van der Waals surface area contributed by atoms with Crippen molar-refractivity contribution in [3.05, 3.63) is 71.8 Å². The van der Waals surface area contributed by atoms with Crippen molar-refractivity contribution in [3.8, 4) is 11.5 Å². The number of methoxy groups -OCH3 is 1. The first-order valence-corrected chi connectivity index (χ1v) is 9.36. The highest BCUT2D eigenvalue weighted by Gasteiger charge is 2.27. The van der Waals surface area contributed by atoms with Gasteiger partial charge in [-0.2, -0.15) is 0 Å². The first-order valence-electron chi connectivity index (χ1n) is 9.36. The molecule has 0 aromatic heterocycles. The number of hydrogen-bond acceptors (Lipinski definition) is 3. The number of benzene rings is 3. The van der Waals surface area contributed by atoms with Gasteiger partial charge in [0.25, 0.3) is 0 Å². The molecule has 134 valence electrons. The first kappa shape index (κ1) is 16.9. The van der Waals surface area contributed by atoms with Gasteiger partial charge in [-0.25, -0.2) is 0 Å². The van der Waals surface area contributed by atoms with Gasteiger partial charge in [-0.15, -0.1) is 0 Å². The number of likely N-dealkylation sites (tertiary alicyclic amines) is 1. The number of hydrogen-bond donors (Lipinski definition) is 1. The molecule has 0 spiro atoms. The van der Waals surface area contributed by atoms with Crippen molar-refractivity contribution < 1.29 is 9.84 Å². The lowest BCUT2D eigenvalue weighted by molar-refractivity contribution is 0.186. The van der Waals surface area contributed by atoms with Crippen LogP contribution in [0.3, 0.4) is 0 Å². The average molecular weight is 347 g/mol. The number of fused-ring (bicyclic) bond motifs is 1. The average Bonchev–Trinajstić information content (AvgIpc) is 2.71. The van der Waals surface area contributed by atoms with Crippen molar-refractivity contribution in [1.29, 1.82) is 0 Å². The summed E-state index contributed by atoms with van der Waals surface area (Å²) in [6.45, 7) is 2.11. The Hall–Kier alpha value is -2.52. The fraction of sp³-hybridized carbons (Fsp3) is 0.304. The predicted molar refractivity (Wildman–Crippen MR) is 106 cm³/mol. The summed E-state index contributed by atoms with van der Waals surface area (Å²) in [5.41, 5.74) is 2.20. The van der Waals surface area contributed by atoms with Gasteiger partial charge in [0, 0.05) is 5.56 Å². The van der Waals surface area contributed by atoms with Gasteiger partial charge in [0.05, 0.1) is 13.2 Å². The minimum Gasteiger partial charge on any atom is -0.508 e. The summed E-state index contributed by atoms with van der Waals surface area (Å²) in [6, 6.07) is 20.5. The molecular weight excluding hydrogens is 322 g/mol. The second-order valence-electron chi connectivity index (χ2n) is 7.00. The molecule has 3 aromatic carbocycles. The van der Waals surface area contributed by atoms with Crippen molar-refractivity contribution in [2.45, 2.75) is 25.3 Å². The number of nitrogens with zero attached hydrogens (tertiary/aromatic N) is 1. The molecule has 1 fully saturated rings. The molecule has 1 saturated heterocycles. The molecule has 1 N–H and O–H groups in total. The topological polar surface area (TPSA) is 32.7 Å². The number of rotatable bonds is 4. The summed E-state index contributed by atoms with van der Waals surface area (Å²) in [6.07, 6.45) is 3.70. The fourth-order valence-corrected chi connectivity index (χ4v) is 4.10. The summed E-state index contributed by atoms with van der Waals surface area (Å²) in [5.74, 6) is 1.17. The third-order valence-electron chi connectivity index (χ3n) is 5.39. The van der Waals surface area contributed by atoms with Gasteiger partial charge < -0.3 is 9.84 Å². The highest BCUT2D eigenvalue weighted by Crippen LogP contribution is 2.41. The van der Waals surface area contributed by atoms with Crippen molar-refractivity contribution in [1.82, 2.24) is 4.90 Å². The quantitative estimate of drug-likeness (QED) is 0.710. The number of ether oxygens (including phenoxy) is 1. The van der Waals surface area contributed by atoms with Crippen LogP contribution in [0.2, 0.25) is 0 Å². The van der Waals surface area contributed by atoms with E-state index in [1.807, 2.05) is 30.3 Å². The highest BCUT2D eigenvalue weighted by atomic mass is 16.5. The highest BCUT2D eigenvalue weighted by molar-refractivity contribution is 5.89. The van der Waals surface area contributed by atoms with Crippen molar-refractivity contribution in [3.63, 3.8) is 0 Å². The van der Waals surface area contributed by atoms with Crippen LogP contribution < -0.4 is 4.74 Å². The Labute approximate surface area is 154 Å². The molecule has 1 atom stereocenters. The number of phenolic OH excluding ortho intramolecular Hbond substituents is 1. The minimum absolute atomic E-state index is 0.0484. The van der Waals surface area contributed by atoms with Gasteiger partial charge in [-0.1, -0.05) is 48.9 Å². The smallest absolute Gasteiger partial charge is 0.121 e. The summed E-state index contributed by atoms with van der Waals surface area (Å²) >= 11 is 0. The lowest BCUT2D eigenvalue weighted by Gasteiger charge is -2.36. The molecule has 3 aromatic rings. The van der Waals surface area contributed by atoms with Crippen LogP contribution in [0.15, 0.2) is 60.7 Å². The van der Waals surface area contributed by atoms with Crippen LogP contribution in [-0.4, -0.2) is 30.2 Å². The van der Waals surface area contributed by atoms with Gasteiger partial charge in [0.15, 0.2) is 0 Å². The van der Waals surface area contributed by atoms with Crippen molar-refractivity contribution >= 4 is 10.8 Å². The summed E-state index contributed by atoms with van der Waals surface area (Å²) in [4.78, 5) is 2.51. The zero-order valence-corrected chi connectivity index (χ0v) is 15.2. The Kier molecular flexibility index (Phi) is 4.81. The van der Waals surface area contributed by atoms with Gasteiger partial charge in [0.2, 0.25) is 0 Å². The maximum atomic E-state index is 10.9. The third-order valence-corrected chi connectivity index (χ3v) is 5.39. The monoisotopic (exact) mass is 347 g/mol. The van der Waals surface area contributed by atoms with Crippen LogP contribution in [-0.2, 0) is 0 Å². The van der Waals surface area contributed by atoms with Crippen LogP contribution in [0.5, 0.6) is 11.5 Å². The van der Waals surface area contributed by atoms with Gasteiger partial charge in [-0.3, -0.25) is 4.90 Å². The van der Waals surface area contributed by atoms with E-state index in [-0.39, 0.29) is 6.04 Å². The van der Waals surface area contributed by atoms with E-state index in [2.05, 4.69) is 35.2 Å². The molecule has 26 heavy (non-hydrogen) atoms. The van der Waals surface area contributed by atoms with E-state index in [9.17, 15) is 5.11 Å². The normalized spacial score (nSPS) is 16.5. The van der Waals surface area contributed by atoms with Crippen LogP contribution in [0.1, 0.15) is 36.4 Å². The molecule has 0 saturated carbocycles. The molecule has 4 rings (SSSR count). The van der Waals surface area contributed by atoms with E-state index in [4.69, 9.17) is 4.74 Å². The SMILES string of the molecule is COc1ccc2ccc(O)c(C(c3ccccc3)N3CCCCC3)c2c1. The molecule has 1 heterocycles. The van der Waals surface area contributed by atoms with E-state index in [1.165, 1.54) is 24.8 Å². The largest absolute Gasteiger partial charge is 0.508 e. The molecule has 0 amide bonds.